The van der Waals surface area contributed by atoms with E-state index in [0.717, 1.165) is 6.54 Å². The van der Waals surface area contributed by atoms with Gasteiger partial charge < -0.3 is 14.9 Å². The van der Waals surface area contributed by atoms with E-state index in [-0.39, 0.29) is 0 Å². The molecule has 5 nitrogen and oxygen atoms in total. The zero-order chi connectivity index (χ0) is 10.6. The third-order valence-electron chi connectivity index (χ3n) is 1.64. The number of nitrogens with zero attached hydrogens (tertiary/aromatic N) is 2. The maximum Gasteiger partial charge on any atom is 0.227 e. The molecule has 0 unspecified atom stereocenters. The molecule has 0 saturated carbocycles. The van der Waals surface area contributed by atoms with Gasteiger partial charge in [0.25, 0.3) is 0 Å². The highest BCUT2D eigenvalue weighted by Crippen LogP contribution is 1.98. The first-order valence-corrected chi connectivity index (χ1v) is 4.70. The van der Waals surface area contributed by atoms with Gasteiger partial charge in [0.1, 0.15) is 0 Å². The molecule has 0 atom stereocenters. The van der Waals surface area contributed by atoms with Crippen LogP contribution in [0.1, 0.15) is 25.6 Å². The van der Waals surface area contributed by atoms with Crippen molar-refractivity contribution in [1.82, 2.24) is 15.5 Å². The largest absolute Gasteiger partial charge is 0.389 e. The Morgan fingerprint density at radius 3 is 2.71 bits per heavy atom. The van der Waals surface area contributed by atoms with Gasteiger partial charge in [-0.15, -0.1) is 0 Å². The molecule has 0 aliphatic rings. The number of hydrogen-bond donors (Lipinski definition) is 2. The van der Waals surface area contributed by atoms with Crippen LogP contribution in [0.3, 0.4) is 0 Å². The molecular weight excluding hydrogens is 182 g/mol. The van der Waals surface area contributed by atoms with E-state index in [0.29, 0.717) is 24.7 Å². The van der Waals surface area contributed by atoms with Crippen molar-refractivity contribution in [2.75, 3.05) is 13.1 Å². The molecule has 0 bridgehead atoms. The molecule has 0 spiro atoms. The van der Waals surface area contributed by atoms with Crippen molar-refractivity contribution in [3.8, 4) is 0 Å². The fraction of sp³-hybridized carbons (Fsp3) is 0.778. The second kappa shape index (κ2) is 4.52. The molecule has 0 aromatic carbocycles. The molecule has 0 radical (unpaired) electrons. The summed E-state index contributed by atoms with van der Waals surface area (Å²) in [6, 6.07) is 0. The third kappa shape index (κ3) is 4.34. The number of aliphatic hydroxyl groups is 1. The average molecular weight is 199 g/mol. The maximum absolute atomic E-state index is 9.41. The summed E-state index contributed by atoms with van der Waals surface area (Å²) in [5, 5.41) is 16.2. The van der Waals surface area contributed by atoms with Crippen LogP contribution in [-0.4, -0.2) is 33.9 Å². The molecule has 1 heterocycles. The maximum atomic E-state index is 9.41. The first-order chi connectivity index (χ1) is 6.47. The van der Waals surface area contributed by atoms with Crippen molar-refractivity contribution in [2.45, 2.75) is 32.8 Å². The van der Waals surface area contributed by atoms with Crippen molar-refractivity contribution in [2.24, 2.45) is 0 Å². The SMILES string of the molecule is Cc1noc(CCNCC(C)(C)O)n1. The van der Waals surface area contributed by atoms with E-state index in [1.165, 1.54) is 0 Å². The van der Waals surface area contributed by atoms with Crippen molar-refractivity contribution >= 4 is 0 Å². The monoisotopic (exact) mass is 199 g/mol. The number of hydrogen-bond acceptors (Lipinski definition) is 5. The third-order valence-corrected chi connectivity index (χ3v) is 1.64. The summed E-state index contributed by atoms with van der Waals surface area (Å²) in [7, 11) is 0. The number of rotatable bonds is 5. The van der Waals surface area contributed by atoms with Crippen LogP contribution in [0.15, 0.2) is 4.52 Å². The van der Waals surface area contributed by atoms with Gasteiger partial charge in [0.05, 0.1) is 5.60 Å². The van der Waals surface area contributed by atoms with Crippen molar-refractivity contribution in [1.29, 1.82) is 0 Å². The normalized spacial score (nSPS) is 12.0. The summed E-state index contributed by atoms with van der Waals surface area (Å²) < 4.78 is 4.93. The number of nitrogens with one attached hydrogen (secondary N) is 1. The lowest BCUT2D eigenvalue weighted by Crippen LogP contribution is -2.35. The van der Waals surface area contributed by atoms with Crippen LogP contribution in [0, 0.1) is 6.92 Å². The fourth-order valence-electron chi connectivity index (χ4n) is 1.03. The van der Waals surface area contributed by atoms with Crippen LogP contribution in [0.5, 0.6) is 0 Å². The van der Waals surface area contributed by atoms with Crippen molar-refractivity contribution < 1.29 is 9.63 Å². The molecule has 0 aliphatic carbocycles. The molecule has 80 valence electrons. The summed E-state index contributed by atoms with van der Waals surface area (Å²) in [6.45, 7) is 6.59. The van der Waals surface area contributed by atoms with Gasteiger partial charge in [0.15, 0.2) is 5.82 Å². The Balaban J connectivity index is 2.16. The highest BCUT2D eigenvalue weighted by atomic mass is 16.5. The van der Waals surface area contributed by atoms with Gasteiger partial charge in [0.2, 0.25) is 5.89 Å². The first kappa shape index (κ1) is 11.1. The van der Waals surface area contributed by atoms with Crippen LogP contribution in [0.2, 0.25) is 0 Å². The summed E-state index contributed by atoms with van der Waals surface area (Å²) in [4.78, 5) is 4.06. The molecule has 0 aliphatic heterocycles. The van der Waals surface area contributed by atoms with E-state index in [2.05, 4.69) is 15.5 Å². The Hall–Kier alpha value is -0.940. The van der Waals surface area contributed by atoms with E-state index in [4.69, 9.17) is 4.52 Å². The predicted molar refractivity (Wildman–Crippen MR) is 51.9 cm³/mol. The van der Waals surface area contributed by atoms with E-state index >= 15 is 0 Å². The Labute approximate surface area is 83.5 Å². The second-order valence-corrected chi connectivity index (χ2v) is 3.97. The van der Waals surface area contributed by atoms with Gasteiger partial charge in [-0.2, -0.15) is 4.98 Å². The fourth-order valence-corrected chi connectivity index (χ4v) is 1.03. The van der Waals surface area contributed by atoms with Crippen molar-refractivity contribution in [3.05, 3.63) is 11.7 Å². The zero-order valence-corrected chi connectivity index (χ0v) is 8.87. The lowest BCUT2D eigenvalue weighted by Gasteiger charge is -2.16. The molecule has 0 fully saturated rings. The second-order valence-electron chi connectivity index (χ2n) is 3.97. The number of aryl methyl sites for hydroxylation is 1. The Morgan fingerprint density at radius 1 is 1.50 bits per heavy atom. The highest BCUT2D eigenvalue weighted by molar-refractivity contribution is 4.83. The van der Waals surface area contributed by atoms with Gasteiger partial charge >= 0.3 is 0 Å². The molecule has 14 heavy (non-hydrogen) atoms. The highest BCUT2D eigenvalue weighted by Gasteiger charge is 2.11. The van der Waals surface area contributed by atoms with Gasteiger partial charge in [-0.05, 0) is 20.8 Å². The Morgan fingerprint density at radius 2 is 2.21 bits per heavy atom. The first-order valence-electron chi connectivity index (χ1n) is 4.70. The lowest BCUT2D eigenvalue weighted by molar-refractivity contribution is 0.0799. The molecule has 0 saturated heterocycles. The minimum atomic E-state index is -0.676. The van der Waals surface area contributed by atoms with E-state index in [9.17, 15) is 5.11 Å². The lowest BCUT2D eigenvalue weighted by atomic mass is 10.1. The van der Waals surface area contributed by atoms with Crippen LogP contribution in [0.4, 0.5) is 0 Å². The average Bonchev–Trinajstić information content (AvgIpc) is 2.44. The van der Waals surface area contributed by atoms with Crippen molar-refractivity contribution in [3.63, 3.8) is 0 Å². The predicted octanol–water partition coefficient (Wildman–Crippen LogP) is 0.281. The van der Waals surface area contributed by atoms with Crippen LogP contribution >= 0.6 is 0 Å². The van der Waals surface area contributed by atoms with Gasteiger partial charge in [-0.25, -0.2) is 0 Å². The van der Waals surface area contributed by atoms with Crippen LogP contribution < -0.4 is 5.32 Å². The topological polar surface area (TPSA) is 71.2 Å². The molecule has 2 N–H and O–H groups in total. The minimum absolute atomic E-state index is 0.556. The van der Waals surface area contributed by atoms with E-state index < -0.39 is 5.60 Å². The molecule has 5 heteroatoms. The summed E-state index contributed by atoms with van der Waals surface area (Å²) in [5.41, 5.74) is -0.676. The molecule has 1 rings (SSSR count). The van der Waals surface area contributed by atoms with Crippen LogP contribution in [0.25, 0.3) is 0 Å². The Kier molecular flexibility index (Phi) is 3.60. The zero-order valence-electron chi connectivity index (χ0n) is 8.87. The smallest absolute Gasteiger partial charge is 0.227 e. The standard InChI is InChI=1S/C9H17N3O2/c1-7-11-8(14-12-7)4-5-10-6-9(2,3)13/h10,13H,4-6H2,1-3H3. The minimum Gasteiger partial charge on any atom is -0.389 e. The molecule has 0 amide bonds. The molecule has 1 aromatic heterocycles. The molecular formula is C9H17N3O2. The van der Waals surface area contributed by atoms with Crippen LogP contribution in [-0.2, 0) is 6.42 Å². The Bertz CT molecular complexity index is 278. The van der Waals surface area contributed by atoms with E-state index in [1.54, 1.807) is 20.8 Å². The van der Waals surface area contributed by atoms with Gasteiger partial charge in [-0.3, -0.25) is 0 Å². The summed E-state index contributed by atoms with van der Waals surface area (Å²) in [5.74, 6) is 1.29. The van der Waals surface area contributed by atoms with Gasteiger partial charge in [-0.1, -0.05) is 5.16 Å². The quantitative estimate of drug-likeness (QED) is 0.666. The van der Waals surface area contributed by atoms with Gasteiger partial charge in [0, 0.05) is 19.5 Å². The summed E-state index contributed by atoms with van der Waals surface area (Å²) >= 11 is 0. The number of aromatic nitrogens is 2. The van der Waals surface area contributed by atoms with E-state index in [1.807, 2.05) is 0 Å². The summed E-state index contributed by atoms with van der Waals surface area (Å²) in [6.07, 6.45) is 0.691. The molecule has 1 aromatic rings.